The predicted octanol–water partition coefficient (Wildman–Crippen LogP) is 3.21. The fraction of sp³-hybridized carbons (Fsp3) is 0.333. The monoisotopic (exact) mass is 424 g/mol. The smallest absolute Gasteiger partial charge is 0.225 e. The number of unbranched alkanes of at least 4 members (excludes halogenated alkanes) is 1. The Labute approximate surface area is 178 Å². The van der Waals surface area contributed by atoms with Gasteiger partial charge in [0.05, 0.1) is 24.6 Å². The van der Waals surface area contributed by atoms with E-state index in [-0.39, 0.29) is 5.91 Å². The second-order valence-corrected chi connectivity index (χ2v) is 7.99. The van der Waals surface area contributed by atoms with E-state index in [1.165, 1.54) is 0 Å². The van der Waals surface area contributed by atoms with Gasteiger partial charge in [0.1, 0.15) is 11.6 Å². The number of hydrogen-bond donors (Lipinski definition) is 2. The van der Waals surface area contributed by atoms with Gasteiger partial charge in [0, 0.05) is 24.0 Å². The molecule has 0 radical (unpaired) electrons. The molecule has 0 saturated carbocycles. The first-order chi connectivity index (χ1) is 14.7. The number of aromatic nitrogens is 4. The quantitative estimate of drug-likeness (QED) is 0.401. The molecule has 0 aliphatic carbocycles. The maximum Gasteiger partial charge on any atom is 0.225 e. The van der Waals surface area contributed by atoms with Gasteiger partial charge in [0.2, 0.25) is 11.6 Å². The van der Waals surface area contributed by atoms with Crippen molar-refractivity contribution < 1.29 is 9.53 Å². The molecular formula is C21H24N6O2S. The molecular weight excluding hydrogens is 400 g/mol. The van der Waals surface area contributed by atoms with Crippen molar-refractivity contribution in [1.82, 2.24) is 24.9 Å². The first-order valence-electron chi connectivity index (χ1n) is 9.88. The van der Waals surface area contributed by atoms with Gasteiger partial charge < -0.3 is 15.4 Å². The van der Waals surface area contributed by atoms with Crippen LogP contribution in [0.15, 0.2) is 35.7 Å². The second-order valence-electron chi connectivity index (χ2n) is 6.96. The summed E-state index contributed by atoms with van der Waals surface area (Å²) in [6.07, 6.45) is 2.23. The van der Waals surface area contributed by atoms with E-state index in [1.807, 2.05) is 47.0 Å². The van der Waals surface area contributed by atoms with Crippen LogP contribution >= 0.6 is 11.3 Å². The fourth-order valence-corrected chi connectivity index (χ4v) is 4.02. The summed E-state index contributed by atoms with van der Waals surface area (Å²) in [5.74, 6) is 2.32. The lowest BCUT2D eigenvalue weighted by molar-refractivity contribution is -0.120. The van der Waals surface area contributed by atoms with Gasteiger partial charge >= 0.3 is 0 Å². The number of nitrogens with one attached hydrogen (secondary N) is 2. The topological polar surface area (TPSA) is 93.4 Å². The van der Waals surface area contributed by atoms with E-state index in [2.05, 4.69) is 20.8 Å². The molecule has 9 heteroatoms. The number of benzene rings is 1. The second kappa shape index (κ2) is 9.08. The number of fused-ring (bicyclic) bond motifs is 3. The van der Waals surface area contributed by atoms with Crippen molar-refractivity contribution in [2.24, 2.45) is 0 Å². The zero-order chi connectivity index (χ0) is 20.9. The Bertz CT molecular complexity index is 1160. The summed E-state index contributed by atoms with van der Waals surface area (Å²) in [4.78, 5) is 17.7. The van der Waals surface area contributed by atoms with E-state index in [1.54, 1.807) is 18.4 Å². The van der Waals surface area contributed by atoms with Crippen LogP contribution in [0, 0.1) is 6.92 Å². The molecule has 3 aromatic heterocycles. The molecule has 1 aromatic carbocycles. The number of carbonyl (C=O) groups is 1. The lowest BCUT2D eigenvalue weighted by Gasteiger charge is -2.11. The molecule has 0 unspecified atom stereocenters. The molecule has 0 atom stereocenters. The Morgan fingerprint density at radius 2 is 2.07 bits per heavy atom. The summed E-state index contributed by atoms with van der Waals surface area (Å²) >= 11 is 1.60. The van der Waals surface area contributed by atoms with Gasteiger partial charge in [-0.3, -0.25) is 9.20 Å². The predicted molar refractivity (Wildman–Crippen MR) is 118 cm³/mol. The third kappa shape index (κ3) is 4.35. The minimum absolute atomic E-state index is 0.0659. The van der Waals surface area contributed by atoms with Crippen LogP contribution < -0.4 is 15.4 Å². The highest BCUT2D eigenvalue weighted by molar-refractivity contribution is 7.10. The molecule has 0 spiro atoms. The van der Waals surface area contributed by atoms with Gasteiger partial charge in [0.25, 0.3) is 0 Å². The summed E-state index contributed by atoms with van der Waals surface area (Å²) < 4.78 is 7.32. The van der Waals surface area contributed by atoms with Crippen molar-refractivity contribution in [3.63, 3.8) is 0 Å². The molecule has 30 heavy (non-hydrogen) atoms. The van der Waals surface area contributed by atoms with Crippen LogP contribution in [-0.2, 0) is 11.2 Å². The van der Waals surface area contributed by atoms with E-state index in [4.69, 9.17) is 9.72 Å². The number of aryl methyl sites for hydroxylation is 1. The van der Waals surface area contributed by atoms with Crippen LogP contribution in [0.2, 0.25) is 0 Å². The van der Waals surface area contributed by atoms with Crippen molar-refractivity contribution in [3.8, 4) is 5.75 Å². The van der Waals surface area contributed by atoms with Gasteiger partial charge in [-0.2, -0.15) is 0 Å². The maximum absolute atomic E-state index is 11.9. The third-order valence-corrected chi connectivity index (χ3v) is 5.70. The molecule has 156 valence electrons. The van der Waals surface area contributed by atoms with Crippen LogP contribution in [0.25, 0.3) is 16.7 Å². The average Bonchev–Trinajstić information content (AvgIpc) is 3.40. The van der Waals surface area contributed by atoms with Crippen LogP contribution in [0.5, 0.6) is 5.75 Å². The van der Waals surface area contributed by atoms with E-state index in [9.17, 15) is 4.79 Å². The SMILES string of the molecule is COc1ccc2c(c1)nc(NCCCCNC(=O)Cc1cccs1)c1nnc(C)n12. The largest absolute Gasteiger partial charge is 0.497 e. The Hall–Kier alpha value is -3.20. The molecule has 4 aromatic rings. The van der Waals surface area contributed by atoms with E-state index < -0.39 is 0 Å². The van der Waals surface area contributed by atoms with Gasteiger partial charge in [-0.1, -0.05) is 6.07 Å². The van der Waals surface area contributed by atoms with Crippen LogP contribution in [-0.4, -0.2) is 45.7 Å². The molecule has 0 fully saturated rings. The Morgan fingerprint density at radius 1 is 1.20 bits per heavy atom. The minimum atomic E-state index is 0.0659. The molecule has 8 nitrogen and oxygen atoms in total. The molecule has 4 rings (SSSR count). The number of amides is 1. The van der Waals surface area contributed by atoms with Gasteiger partial charge in [-0.05, 0) is 43.3 Å². The first-order valence-corrected chi connectivity index (χ1v) is 10.8. The van der Waals surface area contributed by atoms with Crippen molar-refractivity contribution >= 4 is 39.7 Å². The minimum Gasteiger partial charge on any atom is -0.497 e. The number of thiophene rings is 1. The van der Waals surface area contributed by atoms with Crippen molar-refractivity contribution in [3.05, 3.63) is 46.4 Å². The molecule has 0 bridgehead atoms. The van der Waals surface area contributed by atoms with E-state index in [0.717, 1.165) is 46.9 Å². The fourth-order valence-electron chi connectivity index (χ4n) is 3.32. The van der Waals surface area contributed by atoms with Crippen molar-refractivity contribution in [2.75, 3.05) is 25.5 Å². The zero-order valence-corrected chi connectivity index (χ0v) is 17.8. The summed E-state index contributed by atoms with van der Waals surface area (Å²) in [5, 5.41) is 16.8. The van der Waals surface area contributed by atoms with Crippen LogP contribution in [0.1, 0.15) is 23.5 Å². The lowest BCUT2D eigenvalue weighted by atomic mass is 10.2. The van der Waals surface area contributed by atoms with Crippen molar-refractivity contribution in [1.29, 1.82) is 0 Å². The summed E-state index contributed by atoms with van der Waals surface area (Å²) in [5.41, 5.74) is 2.45. The zero-order valence-electron chi connectivity index (χ0n) is 17.0. The maximum atomic E-state index is 11.9. The van der Waals surface area contributed by atoms with Crippen LogP contribution in [0.3, 0.4) is 0 Å². The average molecular weight is 425 g/mol. The standard InChI is InChI=1S/C21H24N6O2S/c1-14-25-26-21-20(24-17-12-15(29-2)7-8-18(17)27(14)21)23-10-4-3-9-22-19(28)13-16-6-5-11-30-16/h5-8,11-12H,3-4,9-10,13H2,1-2H3,(H,22,28)(H,23,24). The van der Waals surface area contributed by atoms with Crippen LogP contribution in [0.4, 0.5) is 5.82 Å². The number of nitrogens with zero attached hydrogens (tertiary/aromatic N) is 4. The van der Waals surface area contributed by atoms with Gasteiger partial charge in [-0.15, -0.1) is 21.5 Å². The molecule has 1 amide bonds. The summed E-state index contributed by atoms with van der Waals surface area (Å²) in [6.45, 7) is 3.31. The Morgan fingerprint density at radius 3 is 2.87 bits per heavy atom. The Kier molecular flexibility index (Phi) is 6.08. The lowest BCUT2D eigenvalue weighted by Crippen LogP contribution is -2.26. The molecule has 0 aliphatic rings. The first kappa shape index (κ1) is 20.1. The van der Waals surface area contributed by atoms with E-state index >= 15 is 0 Å². The molecule has 0 saturated heterocycles. The number of rotatable bonds is 9. The summed E-state index contributed by atoms with van der Waals surface area (Å²) in [7, 11) is 1.64. The highest BCUT2D eigenvalue weighted by Gasteiger charge is 2.13. The molecule has 2 N–H and O–H groups in total. The molecule has 3 heterocycles. The van der Waals surface area contributed by atoms with E-state index in [0.29, 0.717) is 24.4 Å². The Balaban J connectivity index is 1.35. The number of carbonyl (C=O) groups excluding carboxylic acids is 1. The highest BCUT2D eigenvalue weighted by Crippen LogP contribution is 2.25. The number of methoxy groups -OCH3 is 1. The number of hydrogen-bond acceptors (Lipinski definition) is 7. The number of anilines is 1. The highest BCUT2D eigenvalue weighted by atomic mass is 32.1. The summed E-state index contributed by atoms with van der Waals surface area (Å²) in [6, 6.07) is 9.72. The number of ether oxygens (including phenoxy) is 1. The van der Waals surface area contributed by atoms with Crippen molar-refractivity contribution in [2.45, 2.75) is 26.2 Å². The molecule has 0 aliphatic heterocycles. The van der Waals surface area contributed by atoms with Gasteiger partial charge in [0.15, 0.2) is 5.82 Å². The third-order valence-electron chi connectivity index (χ3n) is 4.83. The normalized spacial score (nSPS) is 11.1. The van der Waals surface area contributed by atoms with Gasteiger partial charge in [-0.25, -0.2) is 4.98 Å².